The molecule has 0 aliphatic heterocycles. The fourth-order valence-corrected chi connectivity index (χ4v) is 1.48. The minimum Gasteiger partial charge on any atom is -0.419 e. The number of nitrogens with zero attached hydrogens (tertiary/aromatic N) is 2. The first kappa shape index (κ1) is 10.8. The van der Waals surface area contributed by atoms with Gasteiger partial charge in [-0.25, -0.2) is 0 Å². The van der Waals surface area contributed by atoms with Crippen LogP contribution in [0.25, 0.3) is 11.5 Å². The maximum absolute atomic E-state index is 5.57. The van der Waals surface area contributed by atoms with E-state index in [4.69, 9.17) is 4.42 Å². The van der Waals surface area contributed by atoms with Gasteiger partial charge in [-0.2, -0.15) is 0 Å². The zero-order valence-electron chi connectivity index (χ0n) is 9.53. The third-order valence-corrected chi connectivity index (χ3v) is 2.37. The van der Waals surface area contributed by atoms with Crippen molar-refractivity contribution in [1.29, 1.82) is 0 Å². The van der Waals surface area contributed by atoms with Crippen LogP contribution in [0.5, 0.6) is 0 Å². The highest BCUT2D eigenvalue weighted by Crippen LogP contribution is 2.21. The molecule has 0 saturated heterocycles. The van der Waals surface area contributed by atoms with Crippen molar-refractivity contribution in [2.45, 2.75) is 20.4 Å². The van der Waals surface area contributed by atoms with Crippen molar-refractivity contribution in [3.8, 4) is 11.5 Å². The topological polar surface area (TPSA) is 51.0 Å². The van der Waals surface area contributed by atoms with E-state index < -0.39 is 0 Å². The summed E-state index contributed by atoms with van der Waals surface area (Å²) in [6, 6.07) is 7.98. The number of hydrogen-bond donors (Lipinski definition) is 1. The Morgan fingerprint density at radius 3 is 2.81 bits per heavy atom. The van der Waals surface area contributed by atoms with Crippen molar-refractivity contribution in [2.75, 3.05) is 6.54 Å². The van der Waals surface area contributed by atoms with Gasteiger partial charge in [0, 0.05) is 5.56 Å². The van der Waals surface area contributed by atoms with Crippen molar-refractivity contribution in [1.82, 2.24) is 15.5 Å². The summed E-state index contributed by atoms with van der Waals surface area (Å²) in [5.74, 6) is 1.21. The van der Waals surface area contributed by atoms with Crippen LogP contribution < -0.4 is 5.32 Å². The Labute approximate surface area is 94.7 Å². The van der Waals surface area contributed by atoms with Gasteiger partial charge in [0.2, 0.25) is 11.8 Å². The van der Waals surface area contributed by atoms with Gasteiger partial charge >= 0.3 is 0 Å². The number of aryl methyl sites for hydroxylation is 1. The molecule has 2 aromatic rings. The lowest BCUT2D eigenvalue weighted by Gasteiger charge is -1.98. The summed E-state index contributed by atoms with van der Waals surface area (Å²) in [5, 5.41) is 11.2. The molecule has 1 N–H and O–H groups in total. The molecular weight excluding hydrogens is 202 g/mol. The van der Waals surface area contributed by atoms with E-state index in [1.165, 1.54) is 0 Å². The molecule has 0 unspecified atom stereocenters. The average molecular weight is 217 g/mol. The number of rotatable bonds is 4. The summed E-state index contributed by atoms with van der Waals surface area (Å²) in [6.45, 7) is 5.58. The second-order valence-corrected chi connectivity index (χ2v) is 3.60. The summed E-state index contributed by atoms with van der Waals surface area (Å²) in [4.78, 5) is 0. The first-order chi connectivity index (χ1) is 7.81. The highest BCUT2D eigenvalue weighted by Gasteiger charge is 2.09. The number of hydrogen-bond acceptors (Lipinski definition) is 4. The molecule has 4 nitrogen and oxygen atoms in total. The van der Waals surface area contributed by atoms with Crippen LogP contribution in [0.2, 0.25) is 0 Å². The Kier molecular flexibility index (Phi) is 3.31. The Bertz CT molecular complexity index is 465. The molecule has 0 radical (unpaired) electrons. The third kappa shape index (κ3) is 2.28. The van der Waals surface area contributed by atoms with Crippen molar-refractivity contribution < 1.29 is 4.42 Å². The fraction of sp³-hybridized carbons (Fsp3) is 0.333. The van der Waals surface area contributed by atoms with Crippen LogP contribution >= 0.6 is 0 Å². The van der Waals surface area contributed by atoms with Gasteiger partial charge in [0.25, 0.3) is 0 Å². The minimum absolute atomic E-state index is 0.589. The van der Waals surface area contributed by atoms with Gasteiger partial charge in [0.1, 0.15) is 0 Å². The predicted molar refractivity (Wildman–Crippen MR) is 61.9 cm³/mol. The molecular formula is C12H15N3O. The maximum Gasteiger partial charge on any atom is 0.248 e. The second-order valence-electron chi connectivity index (χ2n) is 3.60. The van der Waals surface area contributed by atoms with E-state index >= 15 is 0 Å². The molecule has 2 rings (SSSR count). The van der Waals surface area contributed by atoms with Gasteiger partial charge in [-0.15, -0.1) is 10.2 Å². The summed E-state index contributed by atoms with van der Waals surface area (Å²) in [6.07, 6.45) is 0. The van der Waals surface area contributed by atoms with E-state index in [0.29, 0.717) is 18.3 Å². The van der Waals surface area contributed by atoms with Crippen LogP contribution in [0, 0.1) is 6.92 Å². The zero-order chi connectivity index (χ0) is 11.4. The summed E-state index contributed by atoms with van der Waals surface area (Å²) in [5.41, 5.74) is 2.14. The van der Waals surface area contributed by atoms with Gasteiger partial charge in [0.05, 0.1) is 6.54 Å². The van der Waals surface area contributed by atoms with Crippen LogP contribution in [0.1, 0.15) is 18.4 Å². The summed E-state index contributed by atoms with van der Waals surface area (Å²) >= 11 is 0. The number of benzene rings is 1. The van der Waals surface area contributed by atoms with Crippen LogP contribution in [-0.2, 0) is 6.54 Å². The molecule has 1 aromatic heterocycles. The molecule has 0 atom stereocenters. The van der Waals surface area contributed by atoms with Crippen LogP contribution in [0.15, 0.2) is 28.7 Å². The molecule has 0 aliphatic rings. The molecule has 0 aliphatic carbocycles. The van der Waals surface area contributed by atoms with Crippen molar-refractivity contribution in [2.24, 2.45) is 0 Å². The van der Waals surface area contributed by atoms with Gasteiger partial charge < -0.3 is 9.73 Å². The maximum atomic E-state index is 5.57. The highest BCUT2D eigenvalue weighted by molar-refractivity contribution is 5.57. The predicted octanol–water partition coefficient (Wildman–Crippen LogP) is 2.15. The van der Waals surface area contributed by atoms with Gasteiger partial charge in [0.15, 0.2) is 0 Å². The van der Waals surface area contributed by atoms with E-state index in [1.54, 1.807) is 0 Å². The van der Waals surface area contributed by atoms with E-state index in [-0.39, 0.29) is 0 Å². The Hall–Kier alpha value is -1.68. The molecule has 84 valence electrons. The first-order valence-corrected chi connectivity index (χ1v) is 5.40. The minimum atomic E-state index is 0.589. The SMILES string of the molecule is CCNCc1nnc(-c2ccccc2C)o1. The van der Waals surface area contributed by atoms with E-state index in [2.05, 4.69) is 15.5 Å². The summed E-state index contributed by atoms with van der Waals surface area (Å²) < 4.78 is 5.57. The second kappa shape index (κ2) is 4.90. The molecule has 0 bridgehead atoms. The Morgan fingerprint density at radius 2 is 2.06 bits per heavy atom. The Morgan fingerprint density at radius 1 is 1.25 bits per heavy atom. The third-order valence-electron chi connectivity index (χ3n) is 2.37. The lowest BCUT2D eigenvalue weighted by molar-refractivity contribution is 0.482. The molecule has 1 aromatic carbocycles. The summed E-state index contributed by atoms with van der Waals surface area (Å²) in [7, 11) is 0. The van der Waals surface area contributed by atoms with Crippen LogP contribution in [0.4, 0.5) is 0 Å². The van der Waals surface area contributed by atoms with Crippen molar-refractivity contribution in [3.63, 3.8) is 0 Å². The zero-order valence-corrected chi connectivity index (χ0v) is 9.53. The molecule has 0 spiro atoms. The first-order valence-electron chi connectivity index (χ1n) is 5.40. The van der Waals surface area contributed by atoms with Crippen LogP contribution in [0.3, 0.4) is 0 Å². The van der Waals surface area contributed by atoms with Crippen molar-refractivity contribution in [3.05, 3.63) is 35.7 Å². The molecule has 4 heteroatoms. The average Bonchev–Trinajstić information content (AvgIpc) is 2.75. The molecule has 1 heterocycles. The van der Waals surface area contributed by atoms with Crippen LogP contribution in [-0.4, -0.2) is 16.7 Å². The quantitative estimate of drug-likeness (QED) is 0.852. The largest absolute Gasteiger partial charge is 0.419 e. The number of nitrogens with one attached hydrogen (secondary N) is 1. The Balaban J connectivity index is 2.22. The molecule has 16 heavy (non-hydrogen) atoms. The molecule has 0 fully saturated rings. The van der Waals surface area contributed by atoms with E-state index in [0.717, 1.165) is 17.7 Å². The van der Waals surface area contributed by atoms with Gasteiger partial charge in [-0.05, 0) is 25.1 Å². The monoisotopic (exact) mass is 217 g/mol. The smallest absolute Gasteiger partial charge is 0.248 e. The highest BCUT2D eigenvalue weighted by atomic mass is 16.4. The van der Waals surface area contributed by atoms with Gasteiger partial charge in [-0.1, -0.05) is 25.1 Å². The molecule has 0 amide bonds. The van der Waals surface area contributed by atoms with E-state index in [1.807, 2.05) is 38.1 Å². The fourth-order valence-electron chi connectivity index (χ4n) is 1.48. The van der Waals surface area contributed by atoms with Crippen molar-refractivity contribution >= 4 is 0 Å². The van der Waals surface area contributed by atoms with Gasteiger partial charge in [-0.3, -0.25) is 0 Å². The van der Waals surface area contributed by atoms with E-state index in [9.17, 15) is 0 Å². The lowest BCUT2D eigenvalue weighted by atomic mass is 10.1. The normalized spacial score (nSPS) is 10.6. The number of aromatic nitrogens is 2. The standard InChI is InChI=1S/C12H15N3O/c1-3-13-8-11-14-15-12(16-11)10-7-5-4-6-9(10)2/h4-7,13H,3,8H2,1-2H3. The lowest BCUT2D eigenvalue weighted by Crippen LogP contribution is -2.11. The molecule has 0 saturated carbocycles.